The third-order valence-corrected chi connectivity index (χ3v) is 8.59. The first kappa shape index (κ1) is 24.6. The molecule has 1 atom stereocenters. The maximum atomic E-state index is 14.5. The number of nitrogens with zero attached hydrogens (tertiary/aromatic N) is 1. The van der Waals surface area contributed by atoms with E-state index in [0.29, 0.717) is 48.1 Å². The van der Waals surface area contributed by atoms with Gasteiger partial charge in [-0.2, -0.15) is 0 Å². The van der Waals surface area contributed by atoms with Crippen molar-refractivity contribution in [2.45, 2.75) is 23.7 Å². The van der Waals surface area contributed by atoms with Crippen LogP contribution in [0.4, 0.5) is 15.8 Å². The van der Waals surface area contributed by atoms with Gasteiger partial charge in [-0.3, -0.25) is 0 Å². The molecule has 0 saturated carbocycles. The predicted molar refractivity (Wildman–Crippen MR) is 130 cm³/mol. The standard InChI is InChI=1S/C26H27FIN4O4/c1-15-5-4-11-35-20-14-29-10-8-16(20)22-24(31-19-7-3-6-17(27)25(19)34-2)21-23(32-22)18(13-30-26(21)33)28-36-12-9-15/h3,5-8,10,14,18,31-32H,4,9,11-13H2,1-2H3,(H,30,33)/q-1/b15-5-/t18-/m1/s1. The Hall–Kier alpha value is -3.12. The van der Waals surface area contributed by atoms with Gasteiger partial charge in [-0.05, 0) is 0 Å². The molecule has 4 heterocycles. The number of carbonyl (C=O) groups is 1. The van der Waals surface area contributed by atoms with Gasteiger partial charge < -0.3 is 0 Å². The number of anilines is 2. The van der Waals surface area contributed by atoms with Crippen LogP contribution < -0.4 is 41.7 Å². The van der Waals surface area contributed by atoms with Crippen molar-refractivity contribution >= 4 is 17.3 Å². The van der Waals surface area contributed by atoms with Crippen molar-refractivity contribution in [1.82, 2.24) is 15.3 Å². The Kier molecular flexibility index (Phi) is 7.42. The fourth-order valence-corrected chi connectivity index (χ4v) is 6.34. The van der Waals surface area contributed by atoms with Gasteiger partial charge in [0.2, 0.25) is 0 Å². The number of para-hydroxylation sites is 1. The third kappa shape index (κ3) is 4.92. The van der Waals surface area contributed by atoms with Crippen LogP contribution in [0.1, 0.15) is 39.7 Å². The van der Waals surface area contributed by atoms with E-state index in [-0.39, 0.29) is 15.6 Å². The minimum absolute atomic E-state index is 0.0285. The number of benzene rings is 1. The summed E-state index contributed by atoms with van der Waals surface area (Å²) in [5.41, 5.74) is 4.91. The van der Waals surface area contributed by atoms with Crippen LogP contribution in [0.3, 0.4) is 0 Å². The maximum absolute atomic E-state index is 14.5. The molecule has 2 aromatic heterocycles. The number of aromatic nitrogens is 2. The second kappa shape index (κ2) is 10.9. The first-order chi connectivity index (χ1) is 17.6. The third-order valence-electron chi connectivity index (χ3n) is 6.11. The molecule has 0 spiro atoms. The van der Waals surface area contributed by atoms with Gasteiger partial charge in [0.05, 0.1) is 0 Å². The van der Waals surface area contributed by atoms with Crippen molar-refractivity contribution in [3.05, 3.63) is 65.4 Å². The summed E-state index contributed by atoms with van der Waals surface area (Å²) in [5, 5.41) is 6.30. The van der Waals surface area contributed by atoms with Crippen LogP contribution in [0, 0.1) is 5.82 Å². The summed E-state index contributed by atoms with van der Waals surface area (Å²) >= 11 is -0.713. The molecule has 3 aromatic rings. The fourth-order valence-electron chi connectivity index (χ4n) is 4.31. The number of rotatable bonds is 3. The van der Waals surface area contributed by atoms with E-state index in [1.165, 1.54) is 18.7 Å². The van der Waals surface area contributed by atoms with Crippen LogP contribution in [0.5, 0.6) is 11.5 Å². The van der Waals surface area contributed by atoms with Gasteiger partial charge in [-0.15, -0.1) is 0 Å². The van der Waals surface area contributed by atoms with Gasteiger partial charge in [0.25, 0.3) is 0 Å². The molecular weight excluding hydrogens is 578 g/mol. The molecule has 2 aliphatic rings. The number of hydrogen-bond donors (Lipinski definition) is 3. The number of amides is 1. The quantitative estimate of drug-likeness (QED) is 0.240. The van der Waals surface area contributed by atoms with Crippen LogP contribution in [0.25, 0.3) is 11.3 Å². The van der Waals surface area contributed by atoms with Gasteiger partial charge in [0.1, 0.15) is 0 Å². The predicted octanol–water partition coefficient (Wildman–Crippen LogP) is 1.89. The molecule has 0 saturated heterocycles. The van der Waals surface area contributed by atoms with E-state index < -0.39 is 27.4 Å². The summed E-state index contributed by atoms with van der Waals surface area (Å²) in [6, 6.07) is 6.48. The zero-order valence-corrected chi connectivity index (χ0v) is 22.1. The Bertz CT molecular complexity index is 1310. The number of nitrogens with one attached hydrogen (secondary N) is 3. The normalized spacial score (nSPS) is 19.7. The van der Waals surface area contributed by atoms with E-state index in [4.69, 9.17) is 12.5 Å². The number of carbonyl (C=O) groups excluding carboxylic acids is 1. The number of pyridine rings is 1. The number of H-pyrrole nitrogens is 1. The van der Waals surface area contributed by atoms with E-state index in [1.54, 1.807) is 24.5 Å². The number of ether oxygens (including phenoxy) is 2. The molecule has 8 nitrogen and oxygen atoms in total. The molecule has 2 aliphatic heterocycles. The summed E-state index contributed by atoms with van der Waals surface area (Å²) in [6.07, 6.45) is 7.13. The van der Waals surface area contributed by atoms with Crippen molar-refractivity contribution in [3.63, 3.8) is 0 Å². The topological polar surface area (TPSA) is 97.5 Å². The van der Waals surface area contributed by atoms with Crippen molar-refractivity contribution < 1.29 is 43.3 Å². The second-order valence-electron chi connectivity index (χ2n) is 8.50. The molecule has 0 aliphatic carbocycles. The van der Waals surface area contributed by atoms with Gasteiger partial charge in [0.15, 0.2) is 0 Å². The molecule has 2 bridgehead atoms. The number of alkyl halides is 1. The summed E-state index contributed by atoms with van der Waals surface area (Å²) in [5.74, 6) is -0.0468. The number of methoxy groups -OCH3 is 1. The number of hydrogen-bond acceptors (Lipinski definition) is 6. The van der Waals surface area contributed by atoms with Gasteiger partial charge >= 0.3 is 220 Å². The van der Waals surface area contributed by atoms with Crippen LogP contribution >= 0.6 is 0 Å². The summed E-state index contributed by atoms with van der Waals surface area (Å²) < 4.78 is 32.1. The molecule has 5 rings (SSSR count). The Morgan fingerprint density at radius 2 is 2.17 bits per heavy atom. The van der Waals surface area contributed by atoms with Crippen LogP contribution in [0.15, 0.2) is 48.3 Å². The van der Waals surface area contributed by atoms with Crippen molar-refractivity contribution in [2.75, 3.05) is 32.2 Å². The SMILES string of the molecule is COc1c(F)cccc1Nc1c2[nH]c3c1C(=O)NC[C@H]3[I-]OCC/C(C)=C\CCOc1cnccc1-2. The number of halogens is 2. The zero-order chi connectivity index (χ0) is 25.1. The summed E-state index contributed by atoms with van der Waals surface area (Å²) in [6.45, 7) is 3.72. The first-order valence-electron chi connectivity index (χ1n) is 11.7. The molecule has 1 amide bonds. The molecule has 0 fully saturated rings. The molecule has 0 radical (unpaired) electrons. The Morgan fingerprint density at radius 1 is 1.28 bits per heavy atom. The Labute approximate surface area is 219 Å². The van der Waals surface area contributed by atoms with Gasteiger partial charge in [0, 0.05) is 0 Å². The molecular formula is C26H27FIN4O4-. The molecule has 10 heteroatoms. The van der Waals surface area contributed by atoms with Crippen LogP contribution in [-0.4, -0.2) is 42.7 Å². The molecule has 36 heavy (non-hydrogen) atoms. The molecule has 190 valence electrons. The Balaban J connectivity index is 1.67. The van der Waals surface area contributed by atoms with Gasteiger partial charge in [-0.25, -0.2) is 0 Å². The van der Waals surface area contributed by atoms with Crippen molar-refractivity contribution in [2.24, 2.45) is 0 Å². The van der Waals surface area contributed by atoms with Crippen molar-refractivity contribution in [1.29, 1.82) is 0 Å². The number of fused-ring (bicyclic) bond motifs is 3. The fraction of sp³-hybridized carbons (Fsp3) is 0.308. The second-order valence-corrected chi connectivity index (χ2v) is 11.1. The van der Waals surface area contributed by atoms with Crippen LogP contribution in [0.2, 0.25) is 0 Å². The Morgan fingerprint density at radius 3 is 3.03 bits per heavy atom. The monoisotopic (exact) mass is 605 g/mol. The van der Waals surface area contributed by atoms with E-state index in [2.05, 4.69) is 33.6 Å². The molecule has 0 unspecified atom stereocenters. The van der Waals surface area contributed by atoms with E-state index >= 15 is 0 Å². The molecule has 1 aromatic carbocycles. The average molecular weight is 605 g/mol. The average Bonchev–Trinajstić information content (AvgIpc) is 3.25. The van der Waals surface area contributed by atoms with E-state index in [1.807, 2.05) is 6.07 Å². The van der Waals surface area contributed by atoms with E-state index in [9.17, 15) is 9.18 Å². The van der Waals surface area contributed by atoms with Gasteiger partial charge in [-0.1, -0.05) is 0 Å². The summed E-state index contributed by atoms with van der Waals surface area (Å²) in [7, 11) is 1.41. The zero-order valence-electron chi connectivity index (χ0n) is 20.0. The van der Waals surface area contributed by atoms with Crippen molar-refractivity contribution in [3.8, 4) is 22.8 Å². The van der Waals surface area contributed by atoms with Crippen LogP contribution in [-0.2, 0) is 3.07 Å². The minimum atomic E-state index is -0.713. The first-order valence-corrected chi connectivity index (χ1v) is 13.8. The summed E-state index contributed by atoms with van der Waals surface area (Å²) in [4.78, 5) is 21.0. The molecule has 3 N–H and O–H groups in total. The van der Waals surface area contributed by atoms with E-state index in [0.717, 1.165) is 24.1 Å². The number of aromatic amines is 1.